The maximum Gasteiger partial charge on any atom is 0.329 e. The van der Waals surface area contributed by atoms with E-state index < -0.39 is 17.7 Å². The van der Waals surface area contributed by atoms with Gasteiger partial charge in [-0.25, -0.2) is 9.69 Å². The van der Waals surface area contributed by atoms with Gasteiger partial charge < -0.3 is 34.9 Å². The van der Waals surface area contributed by atoms with Crippen LogP contribution in [-0.4, -0.2) is 70.7 Å². The second-order valence-electron chi connectivity index (χ2n) is 8.39. The Morgan fingerprint density at radius 3 is 2.71 bits per heavy atom. The number of nitrogens with one attached hydrogen (secondary N) is 3. The molecule has 10 nitrogen and oxygen atoms in total. The predicted molar refractivity (Wildman–Crippen MR) is 133 cm³/mol. The maximum atomic E-state index is 13.6. The van der Waals surface area contributed by atoms with E-state index in [4.69, 9.17) is 14.2 Å². The van der Waals surface area contributed by atoms with Crippen LogP contribution in [0.2, 0.25) is 0 Å². The third-order valence-electron chi connectivity index (χ3n) is 6.26. The van der Waals surface area contributed by atoms with Gasteiger partial charge in [0.25, 0.3) is 11.6 Å². The number of rotatable bonds is 8. The van der Waals surface area contributed by atoms with Crippen molar-refractivity contribution in [3.63, 3.8) is 0 Å². The first kappa shape index (κ1) is 25.2. The van der Waals surface area contributed by atoms with E-state index in [9.17, 15) is 14.7 Å². The van der Waals surface area contributed by atoms with Crippen molar-refractivity contribution in [1.82, 2.24) is 5.32 Å². The Kier molecular flexibility index (Phi) is 7.80. The SMILES string of the molecule is COc1ccc(N2C(=O)Nc3ccc(Br)cc3C2(O)C(=O)NCCC[NH+]2CCOCC2)c(OC)c1. The van der Waals surface area contributed by atoms with E-state index in [2.05, 4.69) is 26.6 Å². The summed E-state index contributed by atoms with van der Waals surface area (Å²) in [5.74, 6) is 0.0615. The third kappa shape index (κ3) is 5.08. The number of anilines is 2. The zero-order valence-corrected chi connectivity index (χ0v) is 21.3. The number of halogens is 1. The van der Waals surface area contributed by atoms with Gasteiger partial charge in [-0.15, -0.1) is 0 Å². The highest BCUT2D eigenvalue weighted by molar-refractivity contribution is 9.10. The van der Waals surface area contributed by atoms with E-state index in [0.717, 1.165) is 44.2 Å². The highest BCUT2D eigenvalue weighted by Crippen LogP contribution is 2.44. The minimum absolute atomic E-state index is 0.215. The van der Waals surface area contributed by atoms with Crippen molar-refractivity contribution in [3.8, 4) is 11.5 Å². The zero-order valence-electron chi connectivity index (χ0n) is 19.7. The first-order chi connectivity index (χ1) is 16.9. The number of morpholine rings is 1. The largest absolute Gasteiger partial charge is 0.497 e. The van der Waals surface area contributed by atoms with Gasteiger partial charge in [-0.3, -0.25) is 4.79 Å². The monoisotopic (exact) mass is 549 g/mol. The molecule has 0 radical (unpaired) electrons. The summed E-state index contributed by atoms with van der Waals surface area (Å²) in [4.78, 5) is 29.3. The minimum atomic E-state index is -2.32. The molecule has 1 fully saturated rings. The van der Waals surface area contributed by atoms with Crippen LogP contribution in [0, 0.1) is 0 Å². The summed E-state index contributed by atoms with van der Waals surface area (Å²) in [5.41, 5.74) is -1.53. The van der Waals surface area contributed by atoms with Crippen LogP contribution in [0.5, 0.6) is 11.5 Å². The Morgan fingerprint density at radius 1 is 1.23 bits per heavy atom. The van der Waals surface area contributed by atoms with Crippen LogP contribution in [0.4, 0.5) is 16.2 Å². The van der Waals surface area contributed by atoms with Gasteiger partial charge in [-0.1, -0.05) is 15.9 Å². The van der Waals surface area contributed by atoms with Crippen molar-refractivity contribution >= 4 is 39.2 Å². The van der Waals surface area contributed by atoms with E-state index in [-0.39, 0.29) is 17.0 Å². The highest BCUT2D eigenvalue weighted by atomic mass is 79.9. The molecule has 3 amide bonds. The fourth-order valence-corrected chi connectivity index (χ4v) is 4.76. The number of ether oxygens (including phenoxy) is 3. The number of carbonyl (C=O) groups is 2. The molecule has 1 unspecified atom stereocenters. The first-order valence-electron chi connectivity index (χ1n) is 11.4. The van der Waals surface area contributed by atoms with Crippen LogP contribution in [-0.2, 0) is 15.3 Å². The molecule has 2 heterocycles. The molecule has 11 heteroatoms. The summed E-state index contributed by atoms with van der Waals surface area (Å²) >= 11 is 3.41. The molecule has 4 rings (SSSR count). The summed E-state index contributed by atoms with van der Waals surface area (Å²) < 4.78 is 16.8. The predicted octanol–water partition coefficient (Wildman–Crippen LogP) is 1.08. The van der Waals surface area contributed by atoms with E-state index >= 15 is 0 Å². The Bertz CT molecular complexity index is 1090. The Balaban J connectivity index is 1.66. The van der Waals surface area contributed by atoms with Gasteiger partial charge in [-0.05, 0) is 30.3 Å². The van der Waals surface area contributed by atoms with Crippen LogP contribution in [0.1, 0.15) is 12.0 Å². The molecule has 1 atom stereocenters. The summed E-state index contributed by atoms with van der Waals surface area (Å²) in [5, 5.41) is 17.6. The lowest BCUT2D eigenvalue weighted by atomic mass is 9.94. The number of hydrogen-bond acceptors (Lipinski definition) is 6. The van der Waals surface area contributed by atoms with E-state index in [1.165, 1.54) is 19.1 Å². The van der Waals surface area contributed by atoms with Gasteiger partial charge in [0.2, 0.25) is 0 Å². The molecule has 2 aromatic rings. The minimum Gasteiger partial charge on any atom is -0.497 e. The van der Waals surface area contributed by atoms with Gasteiger partial charge in [-0.2, -0.15) is 0 Å². The summed E-state index contributed by atoms with van der Waals surface area (Å²) in [6.45, 7) is 4.57. The second-order valence-corrected chi connectivity index (χ2v) is 9.30. The molecule has 1 saturated heterocycles. The van der Waals surface area contributed by atoms with Gasteiger partial charge in [0.05, 0.1) is 45.4 Å². The topological polar surface area (TPSA) is 114 Å². The van der Waals surface area contributed by atoms with Crippen molar-refractivity contribution in [2.24, 2.45) is 0 Å². The second kappa shape index (κ2) is 10.8. The molecule has 2 aliphatic rings. The fourth-order valence-electron chi connectivity index (χ4n) is 4.40. The van der Waals surface area contributed by atoms with Gasteiger partial charge in [0.15, 0.2) is 0 Å². The number of urea groups is 1. The zero-order chi connectivity index (χ0) is 25.0. The van der Waals surface area contributed by atoms with Gasteiger partial charge in [0, 0.05) is 29.1 Å². The Morgan fingerprint density at radius 2 is 2.00 bits per heavy atom. The van der Waals surface area contributed by atoms with Crippen molar-refractivity contribution in [1.29, 1.82) is 0 Å². The standard InChI is InChI=1S/C24H29BrN4O6/c1-33-17-5-7-20(21(15-17)34-2)29-23(31)27-19-6-4-16(25)14-18(19)24(29,32)22(30)26-8-3-9-28-10-12-35-13-11-28/h4-7,14-15,32H,3,8-13H2,1-2H3,(H,26,30)(H,27,31)/p+1. The molecule has 0 spiro atoms. The molecule has 0 bridgehead atoms. The Hall–Kier alpha value is -2.86. The van der Waals surface area contributed by atoms with Crippen LogP contribution in [0.3, 0.4) is 0 Å². The van der Waals surface area contributed by atoms with Crippen LogP contribution in [0.15, 0.2) is 40.9 Å². The van der Waals surface area contributed by atoms with Gasteiger partial charge in [0.1, 0.15) is 24.6 Å². The lowest BCUT2D eigenvalue weighted by molar-refractivity contribution is -0.908. The normalized spacial score (nSPS) is 20.1. The average molecular weight is 550 g/mol. The maximum absolute atomic E-state index is 13.6. The highest BCUT2D eigenvalue weighted by Gasteiger charge is 2.52. The summed E-state index contributed by atoms with van der Waals surface area (Å²) in [6, 6.07) is 9.11. The van der Waals surface area contributed by atoms with Crippen molar-refractivity contribution in [2.75, 3.05) is 63.8 Å². The van der Waals surface area contributed by atoms with Crippen LogP contribution in [0.25, 0.3) is 0 Å². The smallest absolute Gasteiger partial charge is 0.329 e. The average Bonchev–Trinajstić information content (AvgIpc) is 2.87. The van der Waals surface area contributed by atoms with E-state index in [1.807, 2.05) is 0 Å². The molecule has 2 aliphatic heterocycles. The molecule has 0 aromatic heterocycles. The van der Waals surface area contributed by atoms with Crippen molar-refractivity contribution < 1.29 is 33.8 Å². The molecule has 0 saturated carbocycles. The lowest BCUT2D eigenvalue weighted by Crippen LogP contribution is -3.14. The number of amides is 3. The molecular formula is C24H30BrN4O6+. The van der Waals surface area contributed by atoms with Crippen LogP contribution >= 0.6 is 15.9 Å². The van der Waals surface area contributed by atoms with E-state index in [1.54, 1.807) is 36.4 Å². The third-order valence-corrected chi connectivity index (χ3v) is 6.76. The molecule has 4 N–H and O–H groups in total. The van der Waals surface area contributed by atoms with Gasteiger partial charge >= 0.3 is 6.03 Å². The van der Waals surface area contributed by atoms with Crippen molar-refractivity contribution in [2.45, 2.75) is 12.1 Å². The number of carbonyl (C=O) groups excluding carboxylic acids is 2. The summed E-state index contributed by atoms with van der Waals surface area (Å²) in [7, 11) is 2.95. The fraction of sp³-hybridized carbons (Fsp3) is 0.417. The number of nitrogens with zero attached hydrogens (tertiary/aromatic N) is 1. The number of aliphatic hydroxyl groups is 1. The lowest BCUT2D eigenvalue weighted by Gasteiger charge is -2.43. The van der Waals surface area contributed by atoms with Crippen molar-refractivity contribution in [3.05, 3.63) is 46.4 Å². The molecule has 35 heavy (non-hydrogen) atoms. The number of fused-ring (bicyclic) bond motifs is 1. The summed E-state index contributed by atoms with van der Waals surface area (Å²) in [6.07, 6.45) is 0.723. The number of benzene rings is 2. The number of hydrogen-bond donors (Lipinski definition) is 4. The van der Waals surface area contributed by atoms with Crippen LogP contribution < -0.4 is 29.9 Å². The first-order valence-corrected chi connectivity index (χ1v) is 12.2. The molecule has 2 aromatic carbocycles. The quantitative estimate of drug-likeness (QED) is 0.366. The number of methoxy groups -OCH3 is 2. The molecule has 0 aliphatic carbocycles. The number of quaternary nitrogens is 1. The molecule has 188 valence electrons. The molecular weight excluding hydrogens is 520 g/mol. The Labute approximate surface area is 212 Å². The van der Waals surface area contributed by atoms with E-state index in [0.29, 0.717) is 22.5 Å².